The van der Waals surface area contributed by atoms with Gasteiger partial charge in [0.25, 0.3) is 0 Å². The van der Waals surface area contributed by atoms with Crippen LogP contribution in [0.2, 0.25) is 0 Å². The topological polar surface area (TPSA) is 46.2 Å². The van der Waals surface area contributed by atoms with Gasteiger partial charge in [-0.25, -0.2) is 0 Å². The second kappa shape index (κ2) is 6.66. The number of carbonyl (C=O) groups is 2. The van der Waals surface area contributed by atoms with E-state index in [1.807, 2.05) is 36.4 Å². The van der Waals surface area contributed by atoms with Crippen molar-refractivity contribution >= 4 is 17.8 Å². The minimum Gasteiger partial charge on any atom is -0.384 e. The molecule has 1 heterocycles. The highest BCUT2D eigenvalue weighted by atomic mass is 16.1. The van der Waals surface area contributed by atoms with E-state index in [-0.39, 0.29) is 5.78 Å². The highest BCUT2D eigenvalue weighted by Gasteiger charge is 2.10. The second-order valence-corrected chi connectivity index (χ2v) is 4.63. The van der Waals surface area contributed by atoms with E-state index >= 15 is 0 Å². The molecule has 3 nitrogen and oxygen atoms in total. The van der Waals surface area contributed by atoms with Crippen LogP contribution in [0.3, 0.4) is 0 Å². The summed E-state index contributed by atoms with van der Waals surface area (Å²) in [4.78, 5) is 21.0. The van der Waals surface area contributed by atoms with E-state index in [0.717, 1.165) is 30.4 Å². The number of carbonyl (C=O) groups excluding carboxylic acids is 2. The van der Waals surface area contributed by atoms with Crippen LogP contribution in [0, 0.1) is 0 Å². The third-order valence-electron chi connectivity index (χ3n) is 3.16. The van der Waals surface area contributed by atoms with Crippen molar-refractivity contribution in [2.75, 3.05) is 11.9 Å². The van der Waals surface area contributed by atoms with E-state index < -0.39 is 0 Å². The largest absolute Gasteiger partial charge is 0.384 e. The molecule has 102 valence electrons. The predicted octanol–water partition coefficient (Wildman–Crippen LogP) is 3.36. The Bertz CT molecular complexity index is 606. The molecular weight excluding hydrogens is 250 g/mol. The summed E-state index contributed by atoms with van der Waals surface area (Å²) in [6.07, 6.45) is 1.87. The molecule has 0 unspecified atom stereocenters. The minimum absolute atomic E-state index is 0.143. The highest BCUT2D eigenvalue weighted by Crippen LogP contribution is 2.22. The van der Waals surface area contributed by atoms with E-state index in [1.54, 1.807) is 19.1 Å². The van der Waals surface area contributed by atoms with E-state index in [9.17, 15) is 9.59 Å². The minimum atomic E-state index is 0.143. The number of anilines is 1. The lowest BCUT2D eigenvalue weighted by Crippen LogP contribution is -1.92. The smallest absolute Gasteiger partial charge is 0.159 e. The van der Waals surface area contributed by atoms with Crippen molar-refractivity contribution in [2.24, 2.45) is 0 Å². The molecule has 2 aromatic carbocycles. The average Bonchev–Trinajstić information content (AvgIpc) is 2.96. The SMILES string of the molecule is CC(=O)c1ccc2c(c1)CCN2.O=Cc1ccccc1. The van der Waals surface area contributed by atoms with Gasteiger partial charge in [-0.15, -0.1) is 0 Å². The van der Waals surface area contributed by atoms with E-state index in [1.165, 1.54) is 11.3 Å². The highest BCUT2D eigenvalue weighted by molar-refractivity contribution is 5.94. The third kappa shape index (κ3) is 3.54. The number of aldehydes is 1. The van der Waals surface area contributed by atoms with Crippen molar-refractivity contribution in [1.82, 2.24) is 0 Å². The average molecular weight is 267 g/mol. The van der Waals surface area contributed by atoms with Gasteiger partial charge in [0.15, 0.2) is 5.78 Å². The second-order valence-electron chi connectivity index (χ2n) is 4.63. The molecule has 0 aliphatic carbocycles. The first-order valence-corrected chi connectivity index (χ1v) is 6.58. The lowest BCUT2D eigenvalue weighted by Gasteiger charge is -2.00. The molecule has 20 heavy (non-hydrogen) atoms. The molecule has 1 N–H and O–H groups in total. The van der Waals surface area contributed by atoms with Crippen LogP contribution < -0.4 is 5.32 Å². The van der Waals surface area contributed by atoms with Crippen molar-refractivity contribution in [3.63, 3.8) is 0 Å². The normalized spacial score (nSPS) is 11.7. The van der Waals surface area contributed by atoms with E-state index in [2.05, 4.69) is 5.32 Å². The molecule has 0 saturated heterocycles. The van der Waals surface area contributed by atoms with Crippen LogP contribution in [-0.2, 0) is 6.42 Å². The number of hydrogen-bond acceptors (Lipinski definition) is 3. The Hall–Kier alpha value is -2.42. The fourth-order valence-corrected chi connectivity index (χ4v) is 2.06. The molecule has 1 aliphatic rings. The molecule has 3 heteroatoms. The summed E-state index contributed by atoms with van der Waals surface area (Å²) in [6, 6.07) is 14.9. The lowest BCUT2D eigenvalue weighted by atomic mass is 10.1. The molecule has 0 bridgehead atoms. The Morgan fingerprint density at radius 2 is 1.90 bits per heavy atom. The van der Waals surface area contributed by atoms with Crippen LogP contribution in [0.25, 0.3) is 0 Å². The van der Waals surface area contributed by atoms with Gasteiger partial charge in [-0.05, 0) is 37.1 Å². The molecule has 0 spiro atoms. The first-order valence-electron chi connectivity index (χ1n) is 6.58. The molecule has 0 atom stereocenters. The quantitative estimate of drug-likeness (QED) is 0.670. The molecule has 0 fully saturated rings. The Kier molecular flexibility index (Phi) is 4.66. The zero-order valence-electron chi connectivity index (χ0n) is 11.4. The molecular formula is C17H17NO2. The first kappa shape index (κ1) is 14.0. The fraction of sp³-hybridized carbons (Fsp3) is 0.176. The number of hydrogen-bond donors (Lipinski definition) is 1. The van der Waals surface area contributed by atoms with Crippen molar-refractivity contribution in [3.05, 3.63) is 65.2 Å². The maximum absolute atomic E-state index is 11.0. The Morgan fingerprint density at radius 3 is 2.50 bits per heavy atom. The van der Waals surface area contributed by atoms with Gasteiger partial charge in [0.2, 0.25) is 0 Å². The number of Topliss-reactive ketones (excluding diaryl/α,β-unsaturated/α-hetero) is 1. The maximum atomic E-state index is 11.0. The maximum Gasteiger partial charge on any atom is 0.159 e. The van der Waals surface area contributed by atoms with Crippen LogP contribution in [-0.4, -0.2) is 18.6 Å². The van der Waals surface area contributed by atoms with Gasteiger partial charge in [-0.1, -0.05) is 30.3 Å². The van der Waals surface area contributed by atoms with E-state index in [4.69, 9.17) is 0 Å². The number of rotatable bonds is 2. The van der Waals surface area contributed by atoms with Gasteiger partial charge >= 0.3 is 0 Å². The fourth-order valence-electron chi connectivity index (χ4n) is 2.06. The van der Waals surface area contributed by atoms with Crippen molar-refractivity contribution in [2.45, 2.75) is 13.3 Å². The molecule has 0 saturated carbocycles. The molecule has 1 aliphatic heterocycles. The number of nitrogens with one attached hydrogen (secondary N) is 1. The Labute approximate surface area is 118 Å². The van der Waals surface area contributed by atoms with E-state index in [0.29, 0.717) is 0 Å². The number of benzene rings is 2. The van der Waals surface area contributed by atoms with Gasteiger partial charge < -0.3 is 5.32 Å². The third-order valence-corrected chi connectivity index (χ3v) is 3.16. The number of ketones is 1. The monoisotopic (exact) mass is 267 g/mol. The van der Waals surface area contributed by atoms with Crippen LogP contribution in [0.4, 0.5) is 5.69 Å². The van der Waals surface area contributed by atoms with Crippen LogP contribution in [0.1, 0.15) is 33.2 Å². The Morgan fingerprint density at radius 1 is 1.15 bits per heavy atom. The predicted molar refractivity (Wildman–Crippen MR) is 80.5 cm³/mol. The van der Waals surface area contributed by atoms with Crippen LogP contribution in [0.5, 0.6) is 0 Å². The summed E-state index contributed by atoms with van der Waals surface area (Å²) in [7, 11) is 0. The summed E-state index contributed by atoms with van der Waals surface area (Å²) in [5.74, 6) is 0.143. The molecule has 0 aromatic heterocycles. The zero-order valence-corrected chi connectivity index (χ0v) is 11.4. The van der Waals surface area contributed by atoms with Crippen molar-refractivity contribution in [1.29, 1.82) is 0 Å². The Balaban J connectivity index is 0.000000160. The van der Waals surface area contributed by atoms with Crippen LogP contribution >= 0.6 is 0 Å². The molecule has 0 amide bonds. The van der Waals surface area contributed by atoms with Gasteiger partial charge in [-0.2, -0.15) is 0 Å². The van der Waals surface area contributed by atoms with Gasteiger partial charge in [0.05, 0.1) is 0 Å². The summed E-state index contributed by atoms with van der Waals surface area (Å²) >= 11 is 0. The van der Waals surface area contributed by atoms with Gasteiger partial charge in [0.1, 0.15) is 6.29 Å². The van der Waals surface area contributed by atoms with Crippen LogP contribution in [0.15, 0.2) is 48.5 Å². The summed E-state index contributed by atoms with van der Waals surface area (Å²) in [5.41, 5.74) is 3.99. The molecule has 2 aromatic rings. The van der Waals surface area contributed by atoms with Crippen molar-refractivity contribution < 1.29 is 9.59 Å². The molecule has 0 radical (unpaired) electrons. The van der Waals surface area contributed by atoms with Gasteiger partial charge in [0, 0.05) is 23.4 Å². The van der Waals surface area contributed by atoms with Gasteiger partial charge in [-0.3, -0.25) is 9.59 Å². The standard InChI is InChI=1S/C10H11NO.C7H6O/c1-7(12)8-2-3-10-9(6-8)4-5-11-10;8-6-7-4-2-1-3-5-7/h2-3,6,11H,4-5H2,1H3;1-6H. The first-order chi connectivity index (χ1) is 9.70. The molecule has 3 rings (SSSR count). The zero-order chi connectivity index (χ0) is 14.4. The summed E-state index contributed by atoms with van der Waals surface area (Å²) in [5, 5.41) is 3.25. The number of fused-ring (bicyclic) bond motifs is 1. The summed E-state index contributed by atoms with van der Waals surface area (Å²) < 4.78 is 0. The van der Waals surface area contributed by atoms with Crippen molar-refractivity contribution in [3.8, 4) is 0 Å². The lowest BCUT2D eigenvalue weighted by molar-refractivity contribution is 0.101. The summed E-state index contributed by atoms with van der Waals surface area (Å²) in [6.45, 7) is 2.60.